The van der Waals surface area contributed by atoms with Gasteiger partial charge >= 0.3 is 0 Å². The van der Waals surface area contributed by atoms with Gasteiger partial charge in [0.15, 0.2) is 0 Å². The van der Waals surface area contributed by atoms with Crippen molar-refractivity contribution in [3.05, 3.63) is 28.8 Å². The molecule has 0 aliphatic carbocycles. The molecule has 0 spiro atoms. The lowest BCUT2D eigenvalue weighted by Gasteiger charge is -2.34. The summed E-state index contributed by atoms with van der Waals surface area (Å²) in [4.78, 5) is 16.6. The number of benzene rings is 1. The summed E-state index contributed by atoms with van der Waals surface area (Å²) in [6.07, 6.45) is 3.23. The lowest BCUT2D eigenvalue weighted by atomic mass is 10.0. The van der Waals surface area contributed by atoms with Crippen LogP contribution in [0.25, 0.3) is 0 Å². The van der Waals surface area contributed by atoms with Crippen LogP contribution in [-0.4, -0.2) is 49.0 Å². The third kappa shape index (κ3) is 4.14. The molecule has 0 radical (unpaired) electrons. The van der Waals surface area contributed by atoms with Crippen LogP contribution in [0.2, 0.25) is 5.02 Å². The first kappa shape index (κ1) is 17.1. The van der Waals surface area contributed by atoms with E-state index in [1.165, 1.54) is 6.42 Å². The van der Waals surface area contributed by atoms with Crippen molar-refractivity contribution in [2.75, 3.05) is 27.2 Å². The highest BCUT2D eigenvalue weighted by Crippen LogP contribution is 2.25. The Hall–Kier alpha value is -1.26. The van der Waals surface area contributed by atoms with Crippen LogP contribution in [0.4, 0.5) is 0 Å². The molecule has 2 rings (SSSR count). The van der Waals surface area contributed by atoms with E-state index in [-0.39, 0.29) is 11.9 Å². The third-order valence-electron chi connectivity index (χ3n) is 4.16. The second-order valence-corrected chi connectivity index (χ2v) is 6.31. The Bertz CT molecular complexity index is 521. The lowest BCUT2D eigenvalue weighted by molar-refractivity contribution is -0.136. The molecule has 1 heterocycles. The Morgan fingerprint density at radius 3 is 2.91 bits per heavy atom. The summed E-state index contributed by atoms with van der Waals surface area (Å²) < 4.78 is 5.63. The Morgan fingerprint density at radius 2 is 2.23 bits per heavy atom. The third-order valence-corrected chi connectivity index (χ3v) is 4.40. The molecular weight excluding hydrogens is 300 g/mol. The van der Waals surface area contributed by atoms with Crippen LogP contribution in [-0.2, 0) is 11.3 Å². The zero-order valence-corrected chi connectivity index (χ0v) is 14.4. The smallest absolute Gasteiger partial charge is 0.239 e. The van der Waals surface area contributed by atoms with Gasteiger partial charge < -0.3 is 9.64 Å². The van der Waals surface area contributed by atoms with Gasteiger partial charge in [-0.3, -0.25) is 9.69 Å². The number of nitrogens with zero attached hydrogens (tertiary/aromatic N) is 2. The van der Waals surface area contributed by atoms with E-state index < -0.39 is 0 Å². The van der Waals surface area contributed by atoms with E-state index in [9.17, 15) is 4.79 Å². The van der Waals surface area contributed by atoms with Crippen molar-refractivity contribution < 1.29 is 9.53 Å². The van der Waals surface area contributed by atoms with Crippen LogP contribution in [0.3, 0.4) is 0 Å². The zero-order valence-electron chi connectivity index (χ0n) is 13.6. The zero-order chi connectivity index (χ0) is 16.1. The normalized spacial score (nSPS) is 19.0. The molecule has 1 fully saturated rings. The predicted octanol–water partition coefficient (Wildman–Crippen LogP) is 3.18. The van der Waals surface area contributed by atoms with E-state index in [2.05, 4.69) is 4.90 Å². The second kappa shape index (κ2) is 7.84. The molecule has 1 aliphatic heterocycles. The van der Waals surface area contributed by atoms with Gasteiger partial charge in [-0.25, -0.2) is 0 Å². The summed E-state index contributed by atoms with van der Waals surface area (Å²) in [5, 5.41) is 0.661. The number of likely N-dealkylation sites (N-methyl/N-ethyl adjacent to an activating group) is 2. The van der Waals surface area contributed by atoms with Crippen molar-refractivity contribution in [1.29, 1.82) is 0 Å². The molecule has 1 aliphatic rings. The summed E-state index contributed by atoms with van der Waals surface area (Å²) in [5.41, 5.74) is 0.948. The summed E-state index contributed by atoms with van der Waals surface area (Å²) in [7, 11) is 3.88. The molecule has 0 N–H and O–H groups in total. The maximum absolute atomic E-state index is 12.7. The second-order valence-electron chi connectivity index (χ2n) is 5.87. The Balaban J connectivity index is 2.09. The van der Waals surface area contributed by atoms with Crippen molar-refractivity contribution >= 4 is 17.5 Å². The maximum atomic E-state index is 12.7. The number of ether oxygens (including phenoxy) is 1. The molecule has 1 saturated heterocycles. The van der Waals surface area contributed by atoms with E-state index in [1.54, 1.807) is 4.90 Å². The van der Waals surface area contributed by atoms with Gasteiger partial charge in [0.25, 0.3) is 0 Å². The van der Waals surface area contributed by atoms with E-state index in [0.717, 1.165) is 30.7 Å². The topological polar surface area (TPSA) is 32.8 Å². The minimum Gasteiger partial charge on any atom is -0.494 e. The number of hydrogen-bond acceptors (Lipinski definition) is 3. The average Bonchev–Trinajstić information content (AvgIpc) is 2.50. The first-order valence-corrected chi connectivity index (χ1v) is 8.27. The van der Waals surface area contributed by atoms with Crippen molar-refractivity contribution in [2.24, 2.45) is 0 Å². The van der Waals surface area contributed by atoms with Gasteiger partial charge in [0, 0.05) is 24.2 Å². The summed E-state index contributed by atoms with van der Waals surface area (Å²) >= 11 is 6.08. The predicted molar refractivity (Wildman–Crippen MR) is 89.4 cm³/mol. The molecule has 122 valence electrons. The fourth-order valence-electron chi connectivity index (χ4n) is 2.94. The van der Waals surface area contributed by atoms with Crippen LogP contribution < -0.4 is 4.74 Å². The molecule has 1 unspecified atom stereocenters. The number of piperidine rings is 1. The number of likely N-dealkylation sites (tertiary alicyclic amines) is 1. The Kier molecular flexibility index (Phi) is 6.09. The van der Waals surface area contributed by atoms with Crippen molar-refractivity contribution in [2.45, 2.75) is 38.8 Å². The Labute approximate surface area is 138 Å². The van der Waals surface area contributed by atoms with Gasteiger partial charge in [-0.15, -0.1) is 0 Å². The highest BCUT2D eigenvalue weighted by Gasteiger charge is 2.28. The van der Waals surface area contributed by atoms with Gasteiger partial charge in [0.1, 0.15) is 5.75 Å². The molecule has 1 amide bonds. The molecule has 1 atom stereocenters. The SMILES string of the molecule is CCOc1ccc(Cl)cc1CN(C)C(=O)C1CCCCN1C. The van der Waals surface area contributed by atoms with Crippen LogP contribution in [0, 0.1) is 0 Å². The molecular formula is C17H25ClN2O2. The molecule has 5 heteroatoms. The van der Waals surface area contributed by atoms with E-state index >= 15 is 0 Å². The molecule has 1 aromatic carbocycles. The average molecular weight is 325 g/mol. The van der Waals surface area contributed by atoms with E-state index in [1.807, 2.05) is 39.2 Å². The number of halogens is 1. The minimum atomic E-state index is -0.00604. The van der Waals surface area contributed by atoms with Crippen molar-refractivity contribution in [3.63, 3.8) is 0 Å². The number of carbonyl (C=O) groups excluding carboxylic acids is 1. The highest BCUT2D eigenvalue weighted by molar-refractivity contribution is 6.30. The Morgan fingerprint density at radius 1 is 1.45 bits per heavy atom. The van der Waals surface area contributed by atoms with Crippen LogP contribution >= 0.6 is 11.6 Å². The van der Waals surface area contributed by atoms with Gasteiger partial charge in [0.2, 0.25) is 5.91 Å². The van der Waals surface area contributed by atoms with Crippen LogP contribution in [0.1, 0.15) is 31.7 Å². The monoisotopic (exact) mass is 324 g/mol. The number of hydrogen-bond donors (Lipinski definition) is 0. The molecule has 0 bridgehead atoms. The summed E-state index contributed by atoms with van der Waals surface area (Å²) in [6.45, 7) is 4.05. The fraction of sp³-hybridized carbons (Fsp3) is 0.588. The molecule has 22 heavy (non-hydrogen) atoms. The number of rotatable bonds is 5. The van der Waals surface area contributed by atoms with E-state index in [0.29, 0.717) is 18.2 Å². The van der Waals surface area contributed by atoms with Gasteiger partial charge in [-0.1, -0.05) is 18.0 Å². The fourth-order valence-corrected chi connectivity index (χ4v) is 3.14. The maximum Gasteiger partial charge on any atom is 0.239 e. The van der Waals surface area contributed by atoms with E-state index in [4.69, 9.17) is 16.3 Å². The van der Waals surface area contributed by atoms with Crippen molar-refractivity contribution in [3.8, 4) is 5.75 Å². The summed E-state index contributed by atoms with van der Waals surface area (Å²) in [6, 6.07) is 5.55. The van der Waals surface area contributed by atoms with Crippen molar-refractivity contribution in [1.82, 2.24) is 9.80 Å². The molecule has 4 nitrogen and oxygen atoms in total. The van der Waals surface area contributed by atoms with Gasteiger partial charge in [0.05, 0.1) is 12.6 Å². The lowest BCUT2D eigenvalue weighted by Crippen LogP contribution is -2.47. The minimum absolute atomic E-state index is 0.00604. The molecule has 0 aromatic heterocycles. The van der Waals surface area contributed by atoms with Gasteiger partial charge in [-0.2, -0.15) is 0 Å². The molecule has 1 aromatic rings. The number of carbonyl (C=O) groups is 1. The van der Waals surface area contributed by atoms with Gasteiger partial charge in [-0.05, 0) is 51.6 Å². The van der Waals surface area contributed by atoms with Crippen LogP contribution in [0.5, 0.6) is 5.75 Å². The quantitative estimate of drug-likeness (QED) is 0.834. The highest BCUT2D eigenvalue weighted by atomic mass is 35.5. The first-order chi connectivity index (χ1) is 10.5. The molecule has 0 saturated carbocycles. The summed E-state index contributed by atoms with van der Waals surface area (Å²) in [5.74, 6) is 0.966. The standard InChI is InChI=1S/C17H25ClN2O2/c1-4-22-16-9-8-14(18)11-13(16)12-20(3)17(21)15-7-5-6-10-19(15)2/h8-9,11,15H,4-7,10,12H2,1-3H3. The largest absolute Gasteiger partial charge is 0.494 e. The number of amides is 1. The first-order valence-electron chi connectivity index (χ1n) is 7.89. The van der Waals surface area contributed by atoms with Crippen LogP contribution in [0.15, 0.2) is 18.2 Å².